The van der Waals surface area contributed by atoms with E-state index in [1.807, 2.05) is 0 Å². The lowest BCUT2D eigenvalue weighted by molar-refractivity contribution is -0.385. The van der Waals surface area contributed by atoms with Gasteiger partial charge in [-0.2, -0.15) is 0 Å². The van der Waals surface area contributed by atoms with Crippen molar-refractivity contribution >= 4 is 39.3 Å². The van der Waals surface area contributed by atoms with Gasteiger partial charge in [-0.3, -0.25) is 10.1 Å². The summed E-state index contributed by atoms with van der Waals surface area (Å²) in [6.45, 7) is 1.65. The molecule has 1 unspecified atom stereocenters. The highest BCUT2D eigenvalue weighted by Crippen LogP contribution is 2.27. The molecule has 2 amide bonds. The SMILES string of the molecule is CCC(C(=O)O)N(C)C(=O)Nc1ccc(Br)c([N+](=O)[O-])c1. The summed E-state index contributed by atoms with van der Waals surface area (Å²) in [5.41, 5.74) is 0.0164. The van der Waals surface area contributed by atoms with Gasteiger partial charge >= 0.3 is 12.0 Å². The Labute approximate surface area is 129 Å². The molecular weight excluding hydrogens is 346 g/mol. The van der Waals surface area contributed by atoms with Crippen LogP contribution in [0.15, 0.2) is 22.7 Å². The van der Waals surface area contributed by atoms with Gasteiger partial charge in [0.1, 0.15) is 6.04 Å². The van der Waals surface area contributed by atoms with Crippen molar-refractivity contribution < 1.29 is 19.6 Å². The van der Waals surface area contributed by atoms with Gasteiger partial charge in [-0.1, -0.05) is 6.92 Å². The molecule has 0 fully saturated rings. The van der Waals surface area contributed by atoms with Crippen LogP contribution in [0, 0.1) is 10.1 Å². The number of halogens is 1. The summed E-state index contributed by atoms with van der Waals surface area (Å²) in [6.07, 6.45) is 0.250. The predicted molar refractivity (Wildman–Crippen MR) is 79.3 cm³/mol. The summed E-state index contributed by atoms with van der Waals surface area (Å²) < 4.78 is 0.288. The zero-order valence-corrected chi connectivity index (χ0v) is 13.0. The number of carboxylic acid groups (broad SMARTS) is 1. The first kappa shape index (κ1) is 16.9. The Balaban J connectivity index is 2.91. The lowest BCUT2D eigenvalue weighted by Gasteiger charge is -2.23. The lowest BCUT2D eigenvalue weighted by atomic mass is 10.2. The molecule has 9 heteroatoms. The number of hydrogen-bond donors (Lipinski definition) is 2. The maximum absolute atomic E-state index is 12.0. The highest BCUT2D eigenvalue weighted by molar-refractivity contribution is 9.10. The average Bonchev–Trinajstić information content (AvgIpc) is 2.40. The molecule has 1 aromatic rings. The van der Waals surface area contributed by atoms with E-state index in [1.165, 1.54) is 25.2 Å². The molecule has 0 radical (unpaired) electrons. The van der Waals surface area contributed by atoms with E-state index in [1.54, 1.807) is 6.92 Å². The molecule has 0 aliphatic heterocycles. The molecule has 0 aromatic heterocycles. The number of nitrogens with zero attached hydrogens (tertiary/aromatic N) is 2. The van der Waals surface area contributed by atoms with E-state index in [0.29, 0.717) is 0 Å². The fraction of sp³-hybridized carbons (Fsp3) is 0.333. The Morgan fingerprint density at radius 3 is 2.62 bits per heavy atom. The molecular formula is C12H14BrN3O5. The van der Waals surface area contributed by atoms with Gasteiger partial charge in [0.25, 0.3) is 5.69 Å². The number of anilines is 1. The van der Waals surface area contributed by atoms with Gasteiger partial charge in [0.2, 0.25) is 0 Å². The van der Waals surface area contributed by atoms with E-state index in [2.05, 4.69) is 21.2 Å². The number of amides is 2. The van der Waals surface area contributed by atoms with Gasteiger partial charge < -0.3 is 15.3 Å². The Morgan fingerprint density at radius 2 is 2.14 bits per heavy atom. The number of urea groups is 1. The van der Waals surface area contributed by atoms with Gasteiger partial charge in [-0.25, -0.2) is 9.59 Å². The lowest BCUT2D eigenvalue weighted by Crippen LogP contribution is -2.44. The van der Waals surface area contributed by atoms with Gasteiger partial charge in [-0.15, -0.1) is 0 Å². The van der Waals surface area contributed by atoms with Crippen LogP contribution in [0.1, 0.15) is 13.3 Å². The molecule has 0 aliphatic rings. The van der Waals surface area contributed by atoms with Crippen LogP contribution in [0.3, 0.4) is 0 Å². The number of nitro benzene ring substituents is 1. The second-order valence-corrected chi connectivity index (χ2v) is 5.08. The quantitative estimate of drug-likeness (QED) is 0.619. The van der Waals surface area contributed by atoms with E-state index >= 15 is 0 Å². The van der Waals surface area contributed by atoms with Crippen molar-refractivity contribution in [1.29, 1.82) is 0 Å². The number of aliphatic carboxylic acids is 1. The summed E-state index contributed by atoms with van der Waals surface area (Å²) in [5.74, 6) is -1.11. The third-order valence-electron chi connectivity index (χ3n) is 2.85. The van der Waals surface area contributed by atoms with E-state index in [9.17, 15) is 19.7 Å². The molecule has 0 saturated carbocycles. The maximum atomic E-state index is 12.0. The second-order valence-electron chi connectivity index (χ2n) is 4.23. The zero-order chi connectivity index (χ0) is 16.2. The van der Waals surface area contributed by atoms with Crippen molar-refractivity contribution in [3.63, 3.8) is 0 Å². The number of carbonyl (C=O) groups excluding carboxylic acids is 1. The first-order chi connectivity index (χ1) is 9.77. The Bertz CT molecular complexity index is 578. The first-order valence-electron chi connectivity index (χ1n) is 5.98. The zero-order valence-electron chi connectivity index (χ0n) is 11.4. The summed E-state index contributed by atoms with van der Waals surface area (Å²) >= 11 is 3.04. The van der Waals surface area contributed by atoms with Crippen molar-refractivity contribution in [3.8, 4) is 0 Å². The van der Waals surface area contributed by atoms with E-state index in [-0.39, 0.29) is 22.3 Å². The van der Waals surface area contributed by atoms with Crippen LogP contribution in [0.5, 0.6) is 0 Å². The van der Waals surface area contributed by atoms with Crippen molar-refractivity contribution in [3.05, 3.63) is 32.8 Å². The number of nitrogens with one attached hydrogen (secondary N) is 1. The molecule has 1 aromatic carbocycles. The molecule has 0 spiro atoms. The van der Waals surface area contributed by atoms with Gasteiger partial charge in [0.15, 0.2) is 0 Å². The van der Waals surface area contributed by atoms with Crippen molar-refractivity contribution in [2.24, 2.45) is 0 Å². The molecule has 0 bridgehead atoms. The largest absolute Gasteiger partial charge is 0.480 e. The summed E-state index contributed by atoms with van der Waals surface area (Å²) in [7, 11) is 1.35. The topological polar surface area (TPSA) is 113 Å². The second kappa shape index (κ2) is 7.02. The summed E-state index contributed by atoms with van der Waals surface area (Å²) in [5, 5.41) is 22.2. The number of carboxylic acids is 1. The fourth-order valence-corrected chi connectivity index (χ4v) is 2.09. The van der Waals surface area contributed by atoms with Crippen LogP contribution in [-0.2, 0) is 4.79 Å². The molecule has 2 N–H and O–H groups in total. The number of likely N-dealkylation sites (N-methyl/N-ethyl adjacent to an activating group) is 1. The predicted octanol–water partition coefficient (Wildman–Crippen LogP) is 2.68. The van der Waals surface area contributed by atoms with Crippen molar-refractivity contribution in [1.82, 2.24) is 4.90 Å². The molecule has 1 rings (SSSR count). The van der Waals surface area contributed by atoms with Crippen molar-refractivity contribution in [2.45, 2.75) is 19.4 Å². The van der Waals surface area contributed by atoms with Gasteiger partial charge in [0.05, 0.1) is 9.40 Å². The van der Waals surface area contributed by atoms with Crippen LogP contribution in [-0.4, -0.2) is 40.0 Å². The Hall–Kier alpha value is -2.16. The number of hydrogen-bond acceptors (Lipinski definition) is 4. The molecule has 0 heterocycles. The van der Waals surface area contributed by atoms with Crippen LogP contribution in [0.25, 0.3) is 0 Å². The molecule has 21 heavy (non-hydrogen) atoms. The Morgan fingerprint density at radius 1 is 1.52 bits per heavy atom. The van der Waals surface area contributed by atoms with Crippen LogP contribution in [0.4, 0.5) is 16.2 Å². The van der Waals surface area contributed by atoms with Crippen LogP contribution in [0.2, 0.25) is 0 Å². The maximum Gasteiger partial charge on any atom is 0.326 e. The molecule has 0 saturated heterocycles. The van der Waals surface area contributed by atoms with Gasteiger partial charge in [-0.05, 0) is 34.5 Å². The minimum atomic E-state index is -1.11. The Kier molecular flexibility index (Phi) is 5.65. The van der Waals surface area contributed by atoms with Crippen LogP contribution < -0.4 is 5.32 Å². The normalized spacial score (nSPS) is 11.6. The summed E-state index contributed by atoms with van der Waals surface area (Å²) in [6, 6.07) is 2.49. The minimum Gasteiger partial charge on any atom is -0.480 e. The standard InChI is InChI=1S/C12H14BrN3O5/c1-3-9(11(17)18)15(2)12(19)14-7-4-5-8(13)10(6-7)16(20)21/h4-6,9H,3H2,1-2H3,(H,14,19)(H,17,18). The van der Waals surface area contributed by atoms with Gasteiger partial charge in [0, 0.05) is 18.8 Å². The number of carbonyl (C=O) groups is 2. The summed E-state index contributed by atoms with van der Waals surface area (Å²) in [4.78, 5) is 34.2. The van der Waals surface area contributed by atoms with E-state index in [4.69, 9.17) is 5.11 Å². The molecule has 114 valence electrons. The fourth-order valence-electron chi connectivity index (χ4n) is 1.70. The highest BCUT2D eigenvalue weighted by atomic mass is 79.9. The molecule has 0 aliphatic carbocycles. The van der Waals surface area contributed by atoms with E-state index < -0.39 is 23.0 Å². The minimum absolute atomic E-state index is 0.194. The molecule has 8 nitrogen and oxygen atoms in total. The monoisotopic (exact) mass is 359 g/mol. The number of nitro groups is 1. The third-order valence-corrected chi connectivity index (χ3v) is 3.52. The van der Waals surface area contributed by atoms with Crippen molar-refractivity contribution in [2.75, 3.05) is 12.4 Å². The van der Waals surface area contributed by atoms with Crippen LogP contribution >= 0.6 is 15.9 Å². The average molecular weight is 360 g/mol. The molecule has 1 atom stereocenters. The van der Waals surface area contributed by atoms with E-state index in [0.717, 1.165) is 4.90 Å². The number of rotatable bonds is 5. The number of benzene rings is 1. The smallest absolute Gasteiger partial charge is 0.326 e. The first-order valence-corrected chi connectivity index (χ1v) is 6.77. The highest BCUT2D eigenvalue weighted by Gasteiger charge is 2.25. The third kappa shape index (κ3) is 4.15.